The summed E-state index contributed by atoms with van der Waals surface area (Å²) >= 11 is 5.77. The van der Waals surface area contributed by atoms with Gasteiger partial charge in [0, 0.05) is 10.7 Å². The standard InChI is InChI=1S/C19H14ClF3N4O2/c20-12-3-7-14(8-4-12)27-17(19(21,22)23)15(10-25-27)18(29)26-13-5-1-11(2-6-13)9-16(24)28/h1-8,10H,9H2,(H2,24,28)(H,26,29). The first kappa shape index (κ1) is 20.4. The summed E-state index contributed by atoms with van der Waals surface area (Å²) in [5.41, 5.74) is 4.25. The minimum Gasteiger partial charge on any atom is -0.369 e. The number of carbonyl (C=O) groups excluding carboxylic acids is 2. The van der Waals surface area contributed by atoms with Crippen LogP contribution in [0, 0.1) is 0 Å². The van der Waals surface area contributed by atoms with E-state index in [4.69, 9.17) is 17.3 Å². The number of rotatable bonds is 5. The maximum absolute atomic E-state index is 13.7. The van der Waals surface area contributed by atoms with Crippen LogP contribution in [0.1, 0.15) is 21.6 Å². The fourth-order valence-electron chi connectivity index (χ4n) is 2.67. The van der Waals surface area contributed by atoms with E-state index in [-0.39, 0.29) is 17.8 Å². The Kier molecular flexibility index (Phi) is 5.60. The summed E-state index contributed by atoms with van der Waals surface area (Å²) in [6.45, 7) is 0. The Labute approximate surface area is 168 Å². The molecule has 0 atom stereocenters. The van der Waals surface area contributed by atoms with Crippen molar-refractivity contribution in [1.29, 1.82) is 0 Å². The molecule has 29 heavy (non-hydrogen) atoms. The van der Waals surface area contributed by atoms with Crippen molar-refractivity contribution in [3.8, 4) is 5.69 Å². The van der Waals surface area contributed by atoms with E-state index < -0.39 is 29.2 Å². The van der Waals surface area contributed by atoms with E-state index in [1.54, 1.807) is 12.1 Å². The highest BCUT2D eigenvalue weighted by Gasteiger charge is 2.40. The van der Waals surface area contributed by atoms with Crippen LogP contribution >= 0.6 is 11.6 Å². The van der Waals surface area contributed by atoms with E-state index in [1.165, 1.54) is 36.4 Å². The lowest BCUT2D eigenvalue weighted by atomic mass is 10.1. The maximum Gasteiger partial charge on any atom is 0.434 e. The number of nitrogens with one attached hydrogen (secondary N) is 1. The first-order chi connectivity index (χ1) is 13.6. The second-order valence-electron chi connectivity index (χ2n) is 6.09. The summed E-state index contributed by atoms with van der Waals surface area (Å²) in [6, 6.07) is 11.6. The second-order valence-corrected chi connectivity index (χ2v) is 6.52. The first-order valence-corrected chi connectivity index (χ1v) is 8.62. The van der Waals surface area contributed by atoms with Crippen LogP contribution in [0.25, 0.3) is 5.69 Å². The highest BCUT2D eigenvalue weighted by molar-refractivity contribution is 6.30. The number of hydrogen-bond donors (Lipinski definition) is 2. The van der Waals surface area contributed by atoms with Gasteiger partial charge in [-0.25, -0.2) is 4.68 Å². The summed E-state index contributed by atoms with van der Waals surface area (Å²) < 4.78 is 41.7. The molecule has 0 aliphatic carbocycles. The van der Waals surface area contributed by atoms with Crippen LogP contribution in [0.5, 0.6) is 0 Å². The highest BCUT2D eigenvalue weighted by atomic mass is 35.5. The third-order valence-corrected chi connectivity index (χ3v) is 4.20. The van der Waals surface area contributed by atoms with Crippen LogP contribution in [-0.4, -0.2) is 21.6 Å². The number of nitrogens with zero attached hydrogens (tertiary/aromatic N) is 2. The van der Waals surface area contributed by atoms with Crippen LogP contribution in [-0.2, 0) is 17.4 Å². The van der Waals surface area contributed by atoms with Crippen molar-refractivity contribution in [3.63, 3.8) is 0 Å². The average Bonchev–Trinajstić information content (AvgIpc) is 3.09. The van der Waals surface area contributed by atoms with Gasteiger partial charge in [-0.05, 0) is 42.0 Å². The van der Waals surface area contributed by atoms with Gasteiger partial charge in [-0.15, -0.1) is 0 Å². The van der Waals surface area contributed by atoms with Crippen molar-refractivity contribution >= 4 is 29.1 Å². The molecule has 1 aromatic heterocycles. The van der Waals surface area contributed by atoms with E-state index in [2.05, 4.69) is 10.4 Å². The molecule has 2 amide bonds. The fourth-order valence-corrected chi connectivity index (χ4v) is 2.80. The Balaban J connectivity index is 1.90. The van der Waals surface area contributed by atoms with Gasteiger partial charge in [-0.3, -0.25) is 9.59 Å². The summed E-state index contributed by atoms with van der Waals surface area (Å²) in [5, 5.41) is 6.48. The number of amides is 2. The predicted molar refractivity (Wildman–Crippen MR) is 101 cm³/mol. The zero-order valence-electron chi connectivity index (χ0n) is 14.7. The van der Waals surface area contributed by atoms with Gasteiger partial charge in [-0.2, -0.15) is 18.3 Å². The Morgan fingerprint density at radius 1 is 1.07 bits per heavy atom. The number of hydrogen-bond acceptors (Lipinski definition) is 3. The van der Waals surface area contributed by atoms with E-state index in [9.17, 15) is 22.8 Å². The molecule has 3 aromatic rings. The molecule has 0 saturated carbocycles. The van der Waals surface area contributed by atoms with Gasteiger partial charge in [-0.1, -0.05) is 23.7 Å². The van der Waals surface area contributed by atoms with E-state index in [1.807, 2.05) is 0 Å². The van der Waals surface area contributed by atoms with E-state index >= 15 is 0 Å². The molecular weight excluding hydrogens is 409 g/mol. The average molecular weight is 423 g/mol. The second kappa shape index (κ2) is 7.96. The van der Waals surface area contributed by atoms with E-state index in [0.717, 1.165) is 6.20 Å². The molecule has 1 heterocycles. The third kappa shape index (κ3) is 4.75. The Morgan fingerprint density at radius 3 is 2.24 bits per heavy atom. The number of alkyl halides is 3. The van der Waals surface area contributed by atoms with Gasteiger partial charge in [0.2, 0.25) is 5.91 Å². The normalized spacial score (nSPS) is 11.3. The number of anilines is 1. The lowest BCUT2D eigenvalue weighted by Gasteiger charge is -2.13. The molecule has 150 valence electrons. The molecule has 0 saturated heterocycles. The molecule has 3 rings (SSSR count). The van der Waals surface area contributed by atoms with Crippen LogP contribution in [0.15, 0.2) is 54.7 Å². The molecule has 3 N–H and O–H groups in total. The number of benzene rings is 2. The van der Waals surface area contributed by atoms with Crippen LogP contribution in [0.2, 0.25) is 5.02 Å². The fraction of sp³-hybridized carbons (Fsp3) is 0.105. The Bertz CT molecular complexity index is 1040. The molecule has 0 aliphatic heterocycles. The summed E-state index contributed by atoms with van der Waals surface area (Å²) in [7, 11) is 0. The van der Waals surface area contributed by atoms with Crippen molar-refractivity contribution in [2.75, 3.05) is 5.32 Å². The molecule has 0 spiro atoms. The number of nitrogens with two attached hydrogens (primary N) is 1. The number of carbonyl (C=O) groups is 2. The van der Waals surface area contributed by atoms with Gasteiger partial charge in [0.15, 0.2) is 5.69 Å². The maximum atomic E-state index is 13.7. The zero-order valence-corrected chi connectivity index (χ0v) is 15.5. The largest absolute Gasteiger partial charge is 0.434 e. The van der Waals surface area contributed by atoms with E-state index in [0.29, 0.717) is 15.3 Å². The van der Waals surface area contributed by atoms with Crippen LogP contribution in [0.3, 0.4) is 0 Å². The van der Waals surface area contributed by atoms with Gasteiger partial charge >= 0.3 is 6.18 Å². The van der Waals surface area contributed by atoms with Crippen LogP contribution in [0.4, 0.5) is 18.9 Å². The molecule has 0 bridgehead atoms. The highest BCUT2D eigenvalue weighted by Crippen LogP contribution is 2.34. The zero-order chi connectivity index (χ0) is 21.2. The Hall–Kier alpha value is -3.33. The minimum absolute atomic E-state index is 0.0142. The smallest absolute Gasteiger partial charge is 0.369 e. The van der Waals surface area contributed by atoms with Crippen molar-refractivity contribution in [1.82, 2.24) is 9.78 Å². The van der Waals surface area contributed by atoms with Crippen molar-refractivity contribution in [2.45, 2.75) is 12.6 Å². The summed E-state index contributed by atoms with van der Waals surface area (Å²) in [6.07, 6.45) is -3.96. The Morgan fingerprint density at radius 2 is 1.69 bits per heavy atom. The number of aromatic nitrogens is 2. The van der Waals surface area contributed by atoms with Gasteiger partial charge in [0.05, 0.1) is 23.9 Å². The molecule has 6 nitrogen and oxygen atoms in total. The monoisotopic (exact) mass is 422 g/mol. The van der Waals surface area contributed by atoms with Gasteiger partial charge in [0.25, 0.3) is 5.91 Å². The molecule has 0 aliphatic rings. The molecule has 0 fully saturated rings. The predicted octanol–water partition coefficient (Wildman–Crippen LogP) is 3.82. The molecule has 2 aromatic carbocycles. The molecule has 0 radical (unpaired) electrons. The minimum atomic E-state index is -4.83. The van der Waals surface area contributed by atoms with Crippen molar-refractivity contribution in [2.24, 2.45) is 5.73 Å². The first-order valence-electron chi connectivity index (χ1n) is 8.25. The van der Waals surface area contributed by atoms with Gasteiger partial charge < -0.3 is 11.1 Å². The molecule has 0 unspecified atom stereocenters. The van der Waals surface area contributed by atoms with Crippen LogP contribution < -0.4 is 11.1 Å². The SMILES string of the molecule is NC(=O)Cc1ccc(NC(=O)c2cnn(-c3ccc(Cl)cc3)c2C(F)(F)F)cc1. The van der Waals surface area contributed by atoms with Crippen molar-refractivity contribution in [3.05, 3.63) is 76.6 Å². The van der Waals surface area contributed by atoms with Crippen molar-refractivity contribution < 1.29 is 22.8 Å². The van der Waals surface area contributed by atoms with Gasteiger partial charge in [0.1, 0.15) is 0 Å². The topological polar surface area (TPSA) is 90.0 Å². The summed E-state index contributed by atoms with van der Waals surface area (Å²) in [5.74, 6) is -1.49. The lowest BCUT2D eigenvalue weighted by molar-refractivity contribution is -0.143. The number of halogens is 4. The third-order valence-electron chi connectivity index (χ3n) is 3.94. The molecular formula is C19H14ClF3N4O2. The quantitative estimate of drug-likeness (QED) is 0.655. The summed E-state index contributed by atoms with van der Waals surface area (Å²) in [4.78, 5) is 23.4. The number of primary amides is 1. The lowest BCUT2D eigenvalue weighted by Crippen LogP contribution is -2.20. The molecule has 10 heteroatoms.